The lowest BCUT2D eigenvalue weighted by Crippen LogP contribution is -2.23. The molecule has 0 fully saturated rings. The molecular weight excluding hydrogens is 384 g/mol. The van der Waals surface area contributed by atoms with Gasteiger partial charge in [-0.3, -0.25) is 9.89 Å². The zero-order valence-electron chi connectivity index (χ0n) is 15.1. The van der Waals surface area contributed by atoms with E-state index in [9.17, 15) is 4.79 Å². The lowest BCUT2D eigenvalue weighted by Gasteiger charge is -2.14. The highest BCUT2D eigenvalue weighted by atomic mass is 35.5. The molecule has 3 rings (SSSR count). The van der Waals surface area contributed by atoms with Gasteiger partial charge in [0.15, 0.2) is 5.82 Å². The van der Waals surface area contributed by atoms with Crippen LogP contribution in [-0.4, -0.2) is 33.4 Å². The summed E-state index contributed by atoms with van der Waals surface area (Å²) in [6, 6.07) is 13.2. The number of ether oxygens (including phenoxy) is 1. The van der Waals surface area contributed by atoms with E-state index in [1.165, 1.54) is 18.9 Å². The number of aromatic nitrogens is 3. The van der Waals surface area contributed by atoms with Crippen molar-refractivity contribution in [3.8, 4) is 17.1 Å². The molecule has 1 heterocycles. The smallest absolute Gasteiger partial charge is 0.237 e. The van der Waals surface area contributed by atoms with E-state index in [-0.39, 0.29) is 5.91 Å². The second kappa shape index (κ2) is 8.45. The number of carbonyl (C=O) groups is 1. The SMILES string of the molecule is COc1cc(Cl)c(C)cc1NC(=O)[C@H](C)Sc1n[nH]c(-c2ccccc2)n1. The van der Waals surface area contributed by atoms with Crippen molar-refractivity contribution >= 4 is 35.0 Å². The largest absolute Gasteiger partial charge is 0.495 e. The third-order valence-corrected chi connectivity index (χ3v) is 5.27. The Balaban J connectivity index is 1.68. The number of amides is 1. The van der Waals surface area contributed by atoms with Gasteiger partial charge >= 0.3 is 0 Å². The maximum Gasteiger partial charge on any atom is 0.237 e. The topological polar surface area (TPSA) is 79.9 Å². The number of hydrogen-bond donors (Lipinski definition) is 2. The number of aryl methyl sites for hydroxylation is 1. The van der Waals surface area contributed by atoms with E-state index in [0.29, 0.717) is 27.4 Å². The Bertz CT molecular complexity index is 946. The molecule has 0 saturated carbocycles. The molecule has 0 aliphatic carbocycles. The van der Waals surface area contributed by atoms with E-state index >= 15 is 0 Å². The molecule has 0 aliphatic heterocycles. The Morgan fingerprint density at radius 3 is 2.74 bits per heavy atom. The summed E-state index contributed by atoms with van der Waals surface area (Å²) in [5.41, 5.74) is 2.38. The summed E-state index contributed by atoms with van der Waals surface area (Å²) in [4.78, 5) is 17.0. The zero-order chi connectivity index (χ0) is 19.4. The predicted molar refractivity (Wildman–Crippen MR) is 109 cm³/mol. The monoisotopic (exact) mass is 402 g/mol. The number of nitrogens with zero attached hydrogens (tertiary/aromatic N) is 2. The quantitative estimate of drug-likeness (QED) is 0.591. The molecule has 0 saturated heterocycles. The Morgan fingerprint density at radius 2 is 2.04 bits per heavy atom. The van der Waals surface area contributed by atoms with Crippen LogP contribution in [0.25, 0.3) is 11.4 Å². The van der Waals surface area contributed by atoms with Crippen LogP contribution in [0.15, 0.2) is 47.6 Å². The molecule has 1 atom stereocenters. The van der Waals surface area contributed by atoms with Crippen LogP contribution >= 0.6 is 23.4 Å². The number of methoxy groups -OCH3 is 1. The van der Waals surface area contributed by atoms with Gasteiger partial charge in [0, 0.05) is 16.7 Å². The maximum atomic E-state index is 12.6. The highest BCUT2D eigenvalue weighted by molar-refractivity contribution is 8.00. The highest BCUT2D eigenvalue weighted by Crippen LogP contribution is 2.32. The summed E-state index contributed by atoms with van der Waals surface area (Å²) in [7, 11) is 1.54. The van der Waals surface area contributed by atoms with Crippen molar-refractivity contribution in [3.05, 3.63) is 53.1 Å². The maximum absolute atomic E-state index is 12.6. The summed E-state index contributed by atoms with van der Waals surface area (Å²) in [6.07, 6.45) is 0. The number of benzene rings is 2. The average molecular weight is 403 g/mol. The van der Waals surface area contributed by atoms with Gasteiger partial charge in [0.1, 0.15) is 5.75 Å². The van der Waals surface area contributed by atoms with Crippen molar-refractivity contribution in [2.24, 2.45) is 0 Å². The Labute approximate surface area is 166 Å². The number of H-pyrrole nitrogens is 1. The number of nitrogens with one attached hydrogen (secondary N) is 2. The van der Waals surface area contributed by atoms with Crippen LogP contribution in [0.5, 0.6) is 5.75 Å². The van der Waals surface area contributed by atoms with Crippen molar-refractivity contribution in [2.45, 2.75) is 24.3 Å². The van der Waals surface area contributed by atoms with Crippen LogP contribution in [0, 0.1) is 6.92 Å². The molecule has 0 unspecified atom stereocenters. The Morgan fingerprint density at radius 1 is 1.30 bits per heavy atom. The number of thioether (sulfide) groups is 1. The second-order valence-electron chi connectivity index (χ2n) is 5.88. The molecule has 3 aromatic rings. The first-order valence-corrected chi connectivity index (χ1v) is 9.53. The van der Waals surface area contributed by atoms with Crippen molar-refractivity contribution in [3.63, 3.8) is 0 Å². The van der Waals surface area contributed by atoms with Crippen molar-refractivity contribution in [2.75, 3.05) is 12.4 Å². The van der Waals surface area contributed by atoms with Gasteiger partial charge in [-0.05, 0) is 25.5 Å². The van der Waals surface area contributed by atoms with Gasteiger partial charge in [0.25, 0.3) is 0 Å². The molecule has 2 N–H and O–H groups in total. The van der Waals surface area contributed by atoms with Crippen LogP contribution in [0.3, 0.4) is 0 Å². The average Bonchev–Trinajstić information content (AvgIpc) is 3.13. The zero-order valence-corrected chi connectivity index (χ0v) is 16.7. The molecule has 0 aliphatic rings. The van der Waals surface area contributed by atoms with Crippen LogP contribution in [0.4, 0.5) is 5.69 Å². The molecule has 0 bridgehead atoms. The minimum Gasteiger partial charge on any atom is -0.495 e. The minimum atomic E-state index is -0.398. The minimum absolute atomic E-state index is 0.175. The van der Waals surface area contributed by atoms with E-state index in [1.807, 2.05) is 37.3 Å². The number of halogens is 1. The third kappa shape index (κ3) is 4.61. The molecule has 27 heavy (non-hydrogen) atoms. The molecule has 140 valence electrons. The summed E-state index contributed by atoms with van der Waals surface area (Å²) in [5, 5.41) is 10.7. The van der Waals surface area contributed by atoms with E-state index in [4.69, 9.17) is 16.3 Å². The van der Waals surface area contributed by atoms with E-state index in [2.05, 4.69) is 20.5 Å². The number of rotatable bonds is 6. The highest BCUT2D eigenvalue weighted by Gasteiger charge is 2.19. The van der Waals surface area contributed by atoms with Gasteiger partial charge in [0.2, 0.25) is 11.1 Å². The lowest BCUT2D eigenvalue weighted by atomic mass is 10.2. The second-order valence-corrected chi connectivity index (χ2v) is 7.60. The first-order valence-electron chi connectivity index (χ1n) is 8.27. The number of anilines is 1. The molecule has 8 heteroatoms. The van der Waals surface area contributed by atoms with Crippen LogP contribution in [-0.2, 0) is 4.79 Å². The normalized spacial score (nSPS) is 11.9. The fourth-order valence-corrected chi connectivity index (χ4v) is 3.28. The van der Waals surface area contributed by atoms with Crippen LogP contribution in [0.2, 0.25) is 5.02 Å². The molecule has 1 aromatic heterocycles. The van der Waals surface area contributed by atoms with E-state index in [0.717, 1.165) is 11.1 Å². The first kappa shape index (κ1) is 19.3. The molecule has 0 spiro atoms. The van der Waals surface area contributed by atoms with Gasteiger partial charge in [-0.1, -0.05) is 53.7 Å². The molecule has 2 aromatic carbocycles. The standard InChI is InChI=1S/C19H19ClN4O2S/c1-11-9-15(16(26-3)10-14(11)20)21-18(25)12(2)27-19-22-17(23-24-19)13-7-5-4-6-8-13/h4-10,12H,1-3H3,(H,21,25)(H,22,23,24)/t12-/m0/s1. The third-order valence-electron chi connectivity index (χ3n) is 3.90. The molecule has 1 amide bonds. The van der Waals surface area contributed by atoms with Crippen LogP contribution < -0.4 is 10.1 Å². The summed E-state index contributed by atoms with van der Waals surface area (Å²) in [6.45, 7) is 3.67. The fraction of sp³-hybridized carbons (Fsp3) is 0.211. The van der Waals surface area contributed by atoms with Crippen LogP contribution in [0.1, 0.15) is 12.5 Å². The van der Waals surface area contributed by atoms with Gasteiger partial charge in [-0.15, -0.1) is 5.10 Å². The molecular formula is C19H19ClN4O2S. The number of aromatic amines is 1. The summed E-state index contributed by atoms with van der Waals surface area (Å²) < 4.78 is 5.30. The van der Waals surface area contributed by atoms with Gasteiger partial charge in [-0.25, -0.2) is 4.98 Å². The number of carbonyl (C=O) groups excluding carboxylic acids is 1. The molecule has 0 radical (unpaired) electrons. The van der Waals surface area contributed by atoms with Gasteiger partial charge < -0.3 is 10.1 Å². The predicted octanol–water partition coefficient (Wildman–Crippen LogP) is 4.56. The van der Waals surface area contributed by atoms with Gasteiger partial charge in [0.05, 0.1) is 18.0 Å². The Hall–Kier alpha value is -2.51. The lowest BCUT2D eigenvalue weighted by molar-refractivity contribution is -0.115. The molecule has 6 nitrogen and oxygen atoms in total. The van der Waals surface area contributed by atoms with Gasteiger partial charge in [-0.2, -0.15) is 0 Å². The first-order chi connectivity index (χ1) is 13.0. The summed E-state index contributed by atoms with van der Waals surface area (Å²) >= 11 is 7.38. The Kier molecular flexibility index (Phi) is 6.03. The van der Waals surface area contributed by atoms with Crippen molar-refractivity contribution < 1.29 is 9.53 Å². The van der Waals surface area contributed by atoms with E-state index in [1.54, 1.807) is 19.1 Å². The summed E-state index contributed by atoms with van der Waals surface area (Å²) in [5.74, 6) is 1.01. The van der Waals surface area contributed by atoms with E-state index < -0.39 is 5.25 Å². The number of hydrogen-bond acceptors (Lipinski definition) is 5. The van der Waals surface area contributed by atoms with Crippen molar-refractivity contribution in [1.82, 2.24) is 15.2 Å². The van der Waals surface area contributed by atoms with Crippen molar-refractivity contribution in [1.29, 1.82) is 0 Å². The fourth-order valence-electron chi connectivity index (χ4n) is 2.40.